The van der Waals surface area contributed by atoms with E-state index < -0.39 is 47.5 Å². The lowest BCUT2D eigenvalue weighted by atomic mass is 9.77. The maximum Gasteiger partial charge on any atom is 0.306 e. The average molecular weight is 1390 g/mol. The molecule has 16 nitrogen and oxygen atoms in total. The molecular weight excluding hydrogens is 1260 g/mol. The van der Waals surface area contributed by atoms with Crippen LogP contribution in [0.1, 0.15) is 299 Å². The van der Waals surface area contributed by atoms with Gasteiger partial charge in [-0.1, -0.05) is 153 Å². The molecule has 0 spiro atoms. The Balaban J connectivity index is 1.48. The summed E-state index contributed by atoms with van der Waals surface area (Å²) in [6.07, 6.45) is 42.5. The van der Waals surface area contributed by atoms with Crippen LogP contribution in [0.2, 0.25) is 0 Å². The summed E-state index contributed by atoms with van der Waals surface area (Å²) in [5.74, 6) is -2.23. The van der Waals surface area contributed by atoms with Crippen LogP contribution in [0.25, 0.3) is 0 Å². The number of allylic oxidation sites excluding steroid dienone is 4. The topological polar surface area (TPSA) is 179 Å². The molecule has 2 aliphatic heterocycles. The maximum absolute atomic E-state index is 14.9. The second kappa shape index (κ2) is 45.5. The van der Waals surface area contributed by atoms with Crippen LogP contribution >= 0.6 is 0 Å². The van der Waals surface area contributed by atoms with E-state index in [0.29, 0.717) is 116 Å². The van der Waals surface area contributed by atoms with Gasteiger partial charge in [-0.05, 0) is 101 Å². The number of carbonyl (C=O) groups is 4. The molecule has 0 unspecified atom stereocenters. The van der Waals surface area contributed by atoms with Crippen LogP contribution in [0, 0.1) is 0 Å². The van der Waals surface area contributed by atoms with Crippen molar-refractivity contribution >= 4 is 23.9 Å². The third kappa shape index (κ3) is 25.0. The van der Waals surface area contributed by atoms with E-state index in [0.717, 1.165) is 103 Å². The Labute approximate surface area is 598 Å². The summed E-state index contributed by atoms with van der Waals surface area (Å²) in [6.45, 7) is 0.931. The van der Waals surface area contributed by atoms with Gasteiger partial charge in [-0.15, -0.1) is 0 Å². The Kier molecular flexibility index (Phi) is 36.4. The number of carbonyl (C=O) groups excluding carboxylic acids is 4. The van der Waals surface area contributed by atoms with E-state index in [4.69, 9.17) is 56.8 Å². The summed E-state index contributed by atoms with van der Waals surface area (Å²) in [5, 5.41) is 0. The lowest BCUT2D eigenvalue weighted by molar-refractivity contribution is -0.145. The Morgan fingerprint density at radius 3 is 0.530 bits per heavy atom. The molecule has 0 aromatic heterocycles. The third-order valence-electron chi connectivity index (χ3n) is 20.3. The molecule has 0 saturated heterocycles. The second-order valence-electron chi connectivity index (χ2n) is 27.3. The second-order valence-corrected chi connectivity index (χ2v) is 27.3. The number of methoxy groups -OCH3 is 8. The lowest BCUT2D eigenvalue weighted by Gasteiger charge is -2.31. The molecular formula is C84H120O16. The number of hydrogen-bond donors (Lipinski definition) is 0. The van der Waals surface area contributed by atoms with Crippen molar-refractivity contribution in [1.29, 1.82) is 0 Å². The molecule has 0 N–H and O–H groups in total. The molecule has 0 fully saturated rings. The highest BCUT2D eigenvalue weighted by Crippen LogP contribution is 2.53. The third-order valence-corrected chi connectivity index (χ3v) is 20.3. The van der Waals surface area contributed by atoms with Gasteiger partial charge in [-0.3, -0.25) is 19.2 Å². The van der Waals surface area contributed by atoms with Crippen LogP contribution in [0.5, 0.6) is 46.0 Å². The fourth-order valence-corrected chi connectivity index (χ4v) is 14.6. The highest BCUT2D eigenvalue weighted by Gasteiger charge is 2.38. The molecule has 16 heteroatoms. The summed E-state index contributed by atoms with van der Waals surface area (Å²) in [6, 6.07) is 14.9. The molecule has 3 aliphatic rings. The molecule has 100 heavy (non-hydrogen) atoms. The van der Waals surface area contributed by atoms with Gasteiger partial charge in [0.25, 0.3) is 0 Å². The molecule has 552 valence electrons. The summed E-state index contributed by atoms with van der Waals surface area (Å²) in [4.78, 5) is 59.7. The van der Waals surface area contributed by atoms with E-state index in [9.17, 15) is 19.2 Å². The van der Waals surface area contributed by atoms with Crippen LogP contribution < -0.4 is 37.9 Å². The van der Waals surface area contributed by atoms with Gasteiger partial charge in [0.2, 0.25) is 0 Å². The smallest absolute Gasteiger partial charge is 0.306 e. The van der Waals surface area contributed by atoms with Gasteiger partial charge in [0.1, 0.15) is 46.0 Å². The predicted octanol–water partition coefficient (Wildman–Crippen LogP) is 20.0. The van der Waals surface area contributed by atoms with Crippen molar-refractivity contribution in [3.05, 3.63) is 117 Å². The number of fused-ring (bicyclic) bond motifs is 8. The molecule has 4 aromatic rings. The molecule has 1 aliphatic carbocycles. The van der Waals surface area contributed by atoms with Gasteiger partial charge >= 0.3 is 23.9 Å². The molecule has 0 saturated carbocycles. The average Bonchev–Trinajstić information content (AvgIpc) is 0.752. The van der Waals surface area contributed by atoms with Gasteiger partial charge in [0, 0.05) is 92.4 Å². The Morgan fingerprint density at radius 2 is 0.370 bits per heavy atom. The van der Waals surface area contributed by atoms with Crippen LogP contribution in [0.4, 0.5) is 0 Å². The summed E-state index contributed by atoms with van der Waals surface area (Å²) in [5.41, 5.74) is 4.42. The summed E-state index contributed by atoms with van der Waals surface area (Å²) < 4.78 is 75.9. The van der Waals surface area contributed by atoms with Gasteiger partial charge in [0.05, 0.1) is 109 Å². The summed E-state index contributed by atoms with van der Waals surface area (Å²) >= 11 is 0. The van der Waals surface area contributed by atoms with E-state index in [2.05, 4.69) is 24.3 Å². The number of benzene rings is 4. The van der Waals surface area contributed by atoms with Gasteiger partial charge in [-0.25, -0.2) is 0 Å². The maximum atomic E-state index is 14.9. The van der Waals surface area contributed by atoms with Crippen molar-refractivity contribution in [3.8, 4) is 46.0 Å². The summed E-state index contributed by atoms with van der Waals surface area (Å²) in [7, 11) is 12.6. The molecule has 2 heterocycles. The van der Waals surface area contributed by atoms with Gasteiger partial charge < -0.3 is 56.8 Å². The number of esters is 4. The van der Waals surface area contributed by atoms with Crippen molar-refractivity contribution in [3.63, 3.8) is 0 Å². The normalized spacial score (nSPS) is 21.8. The first-order valence-electron chi connectivity index (χ1n) is 38.0. The molecule has 0 atom stereocenters. The van der Waals surface area contributed by atoms with E-state index in [1.807, 2.05) is 24.3 Å². The lowest BCUT2D eigenvalue weighted by Crippen LogP contribution is -2.19. The van der Waals surface area contributed by atoms with Crippen molar-refractivity contribution in [2.75, 3.05) is 83.3 Å². The zero-order valence-electron chi connectivity index (χ0n) is 62.1. The van der Waals surface area contributed by atoms with Gasteiger partial charge in [-0.2, -0.15) is 0 Å². The van der Waals surface area contributed by atoms with E-state index >= 15 is 0 Å². The molecule has 7 rings (SSSR count). The molecule has 0 radical (unpaired) electrons. The van der Waals surface area contributed by atoms with E-state index in [1.165, 1.54) is 77.0 Å². The first-order chi connectivity index (χ1) is 49.0. The Morgan fingerprint density at radius 1 is 0.220 bits per heavy atom. The van der Waals surface area contributed by atoms with E-state index in [-0.39, 0.29) is 52.1 Å². The quantitative estimate of drug-likeness (QED) is 0.0923. The monoisotopic (exact) mass is 1380 g/mol. The standard InChI is InChI=1S/C84H120O16/c1-89-73-57-74(90-2)66-49-65(73)61-53-81(85)97-45-41-37-33-29-25-21-17-13-9-10-14-18-22-26-30-34-38-42-46-98-82(86)54-62(66)71-52-72(80(96-8)60-79(71)95-7)64-56-84(88)100-48-44-40-36-32-28-24-20-16-12-11-15-19-23-27-31-35-39-43-47-99-83(87)55-63(67-50-68(64)76(92-4)58-75(67)91-3)70-51-69(61)77(93-5)59-78(70)94-6/h9-12,49-52,57-64H,13-48,53-56H2,1-8H3/b10-9+,12-11+/t61-,62+,63+,64-. The zero-order valence-corrected chi connectivity index (χ0v) is 62.1. The number of ether oxygens (including phenoxy) is 12. The number of cyclic esters (lactones) is 4. The van der Waals surface area contributed by atoms with Crippen molar-refractivity contribution in [2.24, 2.45) is 0 Å². The van der Waals surface area contributed by atoms with Crippen molar-refractivity contribution < 1.29 is 76.0 Å². The van der Waals surface area contributed by atoms with Crippen LogP contribution in [-0.4, -0.2) is 107 Å². The molecule has 4 aromatic carbocycles. The minimum absolute atomic E-state index is 0.181. The first kappa shape index (κ1) is 80.0. The SMILES string of the molecule is COc1cc(OC)c2cc1[C@H]1CC(=O)OCCCCCCCCC/C=C/CCCCCCCCCOC(=O)C[C@@H]2c2cc(c(OC)cc2OC)[C@@H]2CC(=O)OCCCCCCCCC/C=C/CCCCCCCCCOC(=O)C[C@H](c3cc1c(OC)cc3OC)c1cc2c(OC)cc1OC. The van der Waals surface area contributed by atoms with Crippen molar-refractivity contribution in [1.82, 2.24) is 0 Å². The zero-order chi connectivity index (χ0) is 71.1. The molecule has 12 bridgehead atoms. The van der Waals surface area contributed by atoms with Crippen LogP contribution in [0.15, 0.2) is 72.8 Å². The van der Waals surface area contributed by atoms with Crippen LogP contribution in [-0.2, 0) is 38.1 Å². The fraction of sp³-hybridized carbons (Fsp3) is 0.619. The highest BCUT2D eigenvalue weighted by molar-refractivity contribution is 5.77. The first-order valence-corrected chi connectivity index (χ1v) is 38.0. The highest BCUT2D eigenvalue weighted by atomic mass is 16.5. The van der Waals surface area contributed by atoms with Gasteiger partial charge in [0.15, 0.2) is 0 Å². The minimum atomic E-state index is -0.872. The largest absolute Gasteiger partial charge is 0.496 e. The number of hydrogen-bond acceptors (Lipinski definition) is 16. The van der Waals surface area contributed by atoms with E-state index in [1.54, 1.807) is 81.1 Å². The minimum Gasteiger partial charge on any atom is -0.496 e. The molecule has 0 amide bonds. The Hall–Kier alpha value is -7.36. The predicted molar refractivity (Wildman–Crippen MR) is 394 cm³/mol. The van der Waals surface area contributed by atoms with Crippen molar-refractivity contribution in [2.45, 2.75) is 255 Å². The fourth-order valence-electron chi connectivity index (χ4n) is 14.6. The number of rotatable bonds is 8. The van der Waals surface area contributed by atoms with Crippen LogP contribution in [0.3, 0.4) is 0 Å². The Bertz CT molecular complexity index is 2780.